The van der Waals surface area contributed by atoms with E-state index in [4.69, 9.17) is 4.98 Å². The van der Waals surface area contributed by atoms with Crippen LogP contribution < -0.4 is 0 Å². The van der Waals surface area contributed by atoms with Crippen LogP contribution in [0.15, 0.2) is 97.5 Å². The maximum Gasteiger partial charge on any atom is 0.246 e. The molecule has 5 nitrogen and oxygen atoms in total. The molecule has 0 aliphatic carbocycles. The summed E-state index contributed by atoms with van der Waals surface area (Å²) in [5.74, 6) is 1.01. The number of rotatable bonds is 5. The van der Waals surface area contributed by atoms with Gasteiger partial charge in [0.25, 0.3) is 0 Å². The monoisotopic (exact) mass is 446 g/mol. The quantitative estimate of drug-likeness (QED) is 0.373. The molecule has 1 fully saturated rings. The van der Waals surface area contributed by atoms with Crippen LogP contribution in [-0.4, -0.2) is 38.8 Å². The van der Waals surface area contributed by atoms with Gasteiger partial charge in [-0.2, -0.15) is 0 Å². The molecule has 1 aliphatic rings. The van der Waals surface area contributed by atoms with E-state index in [1.807, 2.05) is 77.8 Å². The second kappa shape index (κ2) is 10.2. The largest absolute Gasteiger partial charge is 0.339 e. The van der Waals surface area contributed by atoms with E-state index in [2.05, 4.69) is 22.1 Å². The van der Waals surface area contributed by atoms with E-state index in [1.54, 1.807) is 18.5 Å². The fourth-order valence-corrected chi connectivity index (χ4v) is 4.39. The first kappa shape index (κ1) is 21.7. The Labute approximate surface area is 199 Å². The minimum atomic E-state index is 0.0596. The summed E-state index contributed by atoms with van der Waals surface area (Å²) in [6.07, 6.45) is 10.8. The first-order valence-electron chi connectivity index (χ1n) is 11.6. The normalized spacial score (nSPS) is 14.4. The van der Waals surface area contributed by atoms with Crippen molar-refractivity contribution >= 4 is 12.0 Å². The molecule has 0 spiro atoms. The van der Waals surface area contributed by atoms with E-state index in [1.165, 1.54) is 0 Å². The van der Waals surface area contributed by atoms with Crippen LogP contribution in [0.1, 0.15) is 30.0 Å². The van der Waals surface area contributed by atoms with Crippen LogP contribution in [0.3, 0.4) is 0 Å². The van der Waals surface area contributed by atoms with Gasteiger partial charge in [-0.25, -0.2) is 9.97 Å². The van der Waals surface area contributed by atoms with E-state index in [0.717, 1.165) is 40.8 Å². The van der Waals surface area contributed by atoms with E-state index >= 15 is 0 Å². The molecule has 5 heteroatoms. The molecule has 1 aliphatic heterocycles. The number of aromatic nitrogens is 3. The maximum absolute atomic E-state index is 12.7. The van der Waals surface area contributed by atoms with Crippen LogP contribution in [0, 0.1) is 0 Å². The van der Waals surface area contributed by atoms with E-state index in [0.29, 0.717) is 18.9 Å². The molecular weight excluding hydrogens is 420 g/mol. The van der Waals surface area contributed by atoms with E-state index < -0.39 is 0 Å². The third-order valence-corrected chi connectivity index (χ3v) is 6.23. The first-order chi connectivity index (χ1) is 16.8. The number of hydrogen-bond donors (Lipinski definition) is 0. The van der Waals surface area contributed by atoms with Gasteiger partial charge in [0.1, 0.15) is 0 Å². The molecule has 5 rings (SSSR count). The lowest BCUT2D eigenvalue weighted by molar-refractivity contribution is -0.126. The van der Waals surface area contributed by atoms with Crippen molar-refractivity contribution in [3.8, 4) is 22.5 Å². The first-order valence-corrected chi connectivity index (χ1v) is 11.6. The number of pyridine rings is 1. The fourth-order valence-electron chi connectivity index (χ4n) is 4.39. The molecule has 4 aromatic rings. The van der Waals surface area contributed by atoms with Crippen LogP contribution in [0.5, 0.6) is 0 Å². The smallest absolute Gasteiger partial charge is 0.246 e. The molecular formula is C29H26N4O. The summed E-state index contributed by atoms with van der Waals surface area (Å²) in [5, 5.41) is 0. The minimum Gasteiger partial charge on any atom is -0.339 e. The van der Waals surface area contributed by atoms with Gasteiger partial charge in [-0.3, -0.25) is 9.78 Å². The van der Waals surface area contributed by atoms with Crippen molar-refractivity contribution in [1.29, 1.82) is 0 Å². The number of carbonyl (C=O) groups excluding carboxylic acids is 1. The van der Waals surface area contributed by atoms with Gasteiger partial charge in [0, 0.05) is 54.8 Å². The highest BCUT2D eigenvalue weighted by atomic mass is 16.2. The Kier molecular flexibility index (Phi) is 6.52. The second-order valence-electron chi connectivity index (χ2n) is 8.44. The van der Waals surface area contributed by atoms with Gasteiger partial charge in [0.15, 0.2) is 5.82 Å². The highest BCUT2D eigenvalue weighted by molar-refractivity contribution is 5.91. The zero-order valence-electron chi connectivity index (χ0n) is 18.9. The Hall–Kier alpha value is -4.12. The van der Waals surface area contributed by atoms with Crippen molar-refractivity contribution in [3.63, 3.8) is 0 Å². The molecule has 1 amide bonds. The van der Waals surface area contributed by atoms with Crippen molar-refractivity contribution in [3.05, 3.63) is 109 Å². The standard InChI is InChI=1S/C29H26N4O/c34-27(14-13-22-8-3-1-4-9-22)33-18-15-24(16-19-33)28-26(23-10-5-2-6-11-23)21-31-29(32-28)25-12-7-17-30-20-25/h1-14,17,20-21,24H,15-16,18-19H2/b14-13+. The summed E-state index contributed by atoms with van der Waals surface area (Å²) in [7, 11) is 0. The van der Waals surface area contributed by atoms with Gasteiger partial charge in [-0.05, 0) is 42.2 Å². The lowest BCUT2D eigenvalue weighted by atomic mass is 9.88. The van der Waals surface area contributed by atoms with Crippen molar-refractivity contribution < 1.29 is 4.79 Å². The summed E-state index contributed by atoms with van der Waals surface area (Å²) < 4.78 is 0. The van der Waals surface area contributed by atoms with Crippen molar-refractivity contribution in [2.75, 3.05) is 13.1 Å². The number of hydrogen-bond acceptors (Lipinski definition) is 4. The molecule has 0 N–H and O–H groups in total. The lowest BCUT2D eigenvalue weighted by Crippen LogP contribution is -2.37. The van der Waals surface area contributed by atoms with Gasteiger partial charge in [-0.1, -0.05) is 60.7 Å². The predicted octanol–water partition coefficient (Wildman–Crippen LogP) is 5.63. The van der Waals surface area contributed by atoms with E-state index in [9.17, 15) is 4.79 Å². The minimum absolute atomic E-state index is 0.0596. The Morgan fingerprint density at radius 2 is 1.56 bits per heavy atom. The number of nitrogens with zero attached hydrogens (tertiary/aromatic N) is 4. The fraction of sp³-hybridized carbons (Fsp3) is 0.172. The van der Waals surface area contributed by atoms with Crippen molar-refractivity contribution in [2.45, 2.75) is 18.8 Å². The second-order valence-corrected chi connectivity index (χ2v) is 8.44. The van der Waals surface area contributed by atoms with Gasteiger partial charge in [0.2, 0.25) is 5.91 Å². The molecule has 34 heavy (non-hydrogen) atoms. The Balaban J connectivity index is 1.37. The average Bonchev–Trinajstić information content (AvgIpc) is 2.93. The molecule has 0 radical (unpaired) electrons. The summed E-state index contributed by atoms with van der Waals surface area (Å²) in [6, 6.07) is 24.1. The molecule has 168 valence electrons. The summed E-state index contributed by atoms with van der Waals surface area (Å²) in [5.41, 5.74) is 5.15. The van der Waals surface area contributed by atoms with Gasteiger partial charge in [-0.15, -0.1) is 0 Å². The summed E-state index contributed by atoms with van der Waals surface area (Å²) in [6.45, 7) is 1.42. The highest BCUT2D eigenvalue weighted by Crippen LogP contribution is 2.35. The number of amides is 1. The SMILES string of the molecule is O=C(/C=C/c1ccccc1)N1CCC(c2nc(-c3cccnc3)ncc2-c2ccccc2)CC1. The maximum atomic E-state index is 12.7. The topological polar surface area (TPSA) is 59.0 Å². The number of piperidine rings is 1. The zero-order valence-corrected chi connectivity index (χ0v) is 18.9. The Bertz CT molecular complexity index is 1270. The number of carbonyl (C=O) groups is 1. The average molecular weight is 447 g/mol. The molecule has 1 saturated heterocycles. The van der Waals surface area contributed by atoms with Crippen LogP contribution >= 0.6 is 0 Å². The van der Waals surface area contributed by atoms with Crippen molar-refractivity contribution in [1.82, 2.24) is 19.9 Å². The zero-order chi connectivity index (χ0) is 23.2. The third-order valence-electron chi connectivity index (χ3n) is 6.23. The molecule has 2 aromatic heterocycles. The van der Waals surface area contributed by atoms with Gasteiger partial charge < -0.3 is 4.90 Å². The van der Waals surface area contributed by atoms with E-state index in [-0.39, 0.29) is 11.8 Å². The van der Waals surface area contributed by atoms with Crippen molar-refractivity contribution in [2.24, 2.45) is 0 Å². The van der Waals surface area contributed by atoms with Crippen LogP contribution in [0.4, 0.5) is 0 Å². The Morgan fingerprint density at radius 1 is 0.853 bits per heavy atom. The molecule has 0 bridgehead atoms. The molecule has 3 heterocycles. The predicted molar refractivity (Wildman–Crippen MR) is 135 cm³/mol. The number of benzene rings is 2. The molecule has 0 atom stereocenters. The van der Waals surface area contributed by atoms with Gasteiger partial charge in [0.05, 0.1) is 5.69 Å². The van der Waals surface area contributed by atoms with Crippen LogP contribution in [-0.2, 0) is 4.79 Å². The third kappa shape index (κ3) is 4.94. The molecule has 0 unspecified atom stereocenters. The summed E-state index contributed by atoms with van der Waals surface area (Å²) >= 11 is 0. The summed E-state index contributed by atoms with van der Waals surface area (Å²) in [4.78, 5) is 28.6. The van der Waals surface area contributed by atoms with Crippen LogP contribution in [0.2, 0.25) is 0 Å². The van der Waals surface area contributed by atoms with Crippen LogP contribution in [0.25, 0.3) is 28.6 Å². The molecule has 2 aromatic carbocycles. The highest BCUT2D eigenvalue weighted by Gasteiger charge is 2.26. The molecule has 0 saturated carbocycles. The van der Waals surface area contributed by atoms with Gasteiger partial charge >= 0.3 is 0 Å². The lowest BCUT2D eigenvalue weighted by Gasteiger charge is -2.32. The Morgan fingerprint density at radius 3 is 2.26 bits per heavy atom. The number of likely N-dealkylation sites (tertiary alicyclic amines) is 1.